The Balaban J connectivity index is 2.40. The van der Waals surface area contributed by atoms with Crippen LogP contribution in [0, 0.1) is 0 Å². The van der Waals surface area contributed by atoms with E-state index in [0.29, 0.717) is 18.6 Å². The number of ether oxygens (including phenoxy) is 2. The average Bonchev–Trinajstić information content (AvgIpc) is 2.78. The summed E-state index contributed by atoms with van der Waals surface area (Å²) in [6, 6.07) is 14.5. The topological polar surface area (TPSA) is 76.2 Å². The lowest BCUT2D eigenvalue weighted by atomic mass is 10.1. The molecule has 0 amide bonds. The molecular formula is C23H32N2O5S. The molecule has 0 saturated heterocycles. The first-order valence-electron chi connectivity index (χ1n) is 10.2. The van der Waals surface area contributed by atoms with E-state index in [1.54, 1.807) is 12.1 Å². The molecule has 0 heterocycles. The van der Waals surface area contributed by atoms with E-state index in [1.807, 2.05) is 44.4 Å². The van der Waals surface area contributed by atoms with Crippen molar-refractivity contribution in [1.29, 1.82) is 0 Å². The van der Waals surface area contributed by atoms with E-state index in [1.165, 1.54) is 30.7 Å². The molecule has 0 unspecified atom stereocenters. The summed E-state index contributed by atoms with van der Waals surface area (Å²) in [7, 11) is 2.80. The maximum absolute atomic E-state index is 13.6. The molecule has 8 heteroatoms. The Kier molecular flexibility index (Phi) is 9.48. The number of rotatable bonds is 12. The van der Waals surface area contributed by atoms with Crippen molar-refractivity contribution in [1.82, 2.24) is 9.21 Å². The minimum Gasteiger partial charge on any atom is -0.497 e. The zero-order valence-electron chi connectivity index (χ0n) is 18.7. The SMILES string of the molecule is COC(=O)[C@@H](CCCCN(C)C)N(Cc1ccccc1)S(=O)(=O)c1ccc(OC)cc1. The van der Waals surface area contributed by atoms with Gasteiger partial charge in [-0.25, -0.2) is 8.42 Å². The van der Waals surface area contributed by atoms with Crippen LogP contribution in [0.1, 0.15) is 24.8 Å². The van der Waals surface area contributed by atoms with E-state index in [0.717, 1.165) is 18.5 Å². The van der Waals surface area contributed by atoms with Crippen LogP contribution >= 0.6 is 0 Å². The summed E-state index contributed by atoms with van der Waals surface area (Å²) >= 11 is 0. The molecule has 7 nitrogen and oxygen atoms in total. The fourth-order valence-corrected chi connectivity index (χ4v) is 4.89. The number of sulfonamides is 1. The zero-order chi connectivity index (χ0) is 22.9. The smallest absolute Gasteiger partial charge is 0.324 e. The van der Waals surface area contributed by atoms with E-state index in [2.05, 4.69) is 4.90 Å². The van der Waals surface area contributed by atoms with Gasteiger partial charge in [-0.3, -0.25) is 4.79 Å². The summed E-state index contributed by atoms with van der Waals surface area (Å²) in [4.78, 5) is 14.9. The molecule has 2 rings (SSSR count). The molecule has 2 aromatic rings. The number of methoxy groups -OCH3 is 2. The van der Waals surface area contributed by atoms with Gasteiger partial charge in [-0.2, -0.15) is 4.31 Å². The van der Waals surface area contributed by atoms with Crippen molar-refractivity contribution in [3.05, 3.63) is 60.2 Å². The molecular weight excluding hydrogens is 416 g/mol. The number of benzene rings is 2. The Morgan fingerprint density at radius 1 is 0.968 bits per heavy atom. The molecule has 0 bridgehead atoms. The fourth-order valence-electron chi connectivity index (χ4n) is 3.29. The van der Waals surface area contributed by atoms with Gasteiger partial charge in [0.25, 0.3) is 0 Å². The molecule has 0 aromatic heterocycles. The van der Waals surface area contributed by atoms with Crippen molar-refractivity contribution in [2.45, 2.75) is 36.7 Å². The number of carbonyl (C=O) groups excluding carboxylic acids is 1. The first-order chi connectivity index (χ1) is 14.8. The highest BCUT2D eigenvalue weighted by Gasteiger charge is 2.36. The third-order valence-electron chi connectivity index (χ3n) is 5.00. The Bertz CT molecular complexity index is 915. The number of unbranched alkanes of at least 4 members (excludes halogenated alkanes) is 1. The van der Waals surface area contributed by atoms with Gasteiger partial charge in [-0.1, -0.05) is 30.3 Å². The normalized spacial score (nSPS) is 12.7. The van der Waals surface area contributed by atoms with Crippen LogP contribution in [0.2, 0.25) is 0 Å². The minimum absolute atomic E-state index is 0.0721. The number of nitrogens with zero attached hydrogens (tertiary/aromatic N) is 2. The molecule has 0 N–H and O–H groups in total. The Hall–Kier alpha value is -2.42. The van der Waals surface area contributed by atoms with Gasteiger partial charge in [0.15, 0.2) is 0 Å². The summed E-state index contributed by atoms with van der Waals surface area (Å²) in [5.74, 6) is -0.000339. The highest BCUT2D eigenvalue weighted by molar-refractivity contribution is 7.89. The van der Waals surface area contributed by atoms with Crippen molar-refractivity contribution in [3.8, 4) is 5.75 Å². The zero-order valence-corrected chi connectivity index (χ0v) is 19.5. The predicted octanol–water partition coefficient (Wildman–Crippen LogP) is 3.16. The van der Waals surface area contributed by atoms with E-state index >= 15 is 0 Å². The summed E-state index contributed by atoms with van der Waals surface area (Å²) in [5, 5.41) is 0. The highest BCUT2D eigenvalue weighted by Crippen LogP contribution is 2.26. The number of hydrogen-bond acceptors (Lipinski definition) is 6. The Morgan fingerprint density at radius 3 is 2.16 bits per heavy atom. The van der Waals surface area contributed by atoms with Crippen molar-refractivity contribution in [2.24, 2.45) is 0 Å². The van der Waals surface area contributed by atoms with Gasteiger partial charge in [0.2, 0.25) is 10.0 Å². The summed E-state index contributed by atoms with van der Waals surface area (Å²) in [6.45, 7) is 0.931. The lowest BCUT2D eigenvalue weighted by Gasteiger charge is -2.29. The van der Waals surface area contributed by atoms with Gasteiger partial charge in [0.1, 0.15) is 11.8 Å². The van der Waals surface area contributed by atoms with Gasteiger partial charge in [-0.15, -0.1) is 0 Å². The molecule has 0 radical (unpaired) electrons. The van der Waals surface area contributed by atoms with Crippen LogP contribution in [-0.4, -0.2) is 64.5 Å². The first kappa shape index (κ1) is 24.8. The van der Waals surface area contributed by atoms with Crippen LogP contribution in [0.3, 0.4) is 0 Å². The third kappa shape index (κ3) is 7.05. The van der Waals surface area contributed by atoms with E-state index in [-0.39, 0.29) is 11.4 Å². The summed E-state index contributed by atoms with van der Waals surface area (Å²) in [5.41, 5.74) is 0.793. The fraction of sp³-hybridized carbons (Fsp3) is 0.435. The van der Waals surface area contributed by atoms with Crippen LogP contribution in [0.4, 0.5) is 0 Å². The van der Waals surface area contributed by atoms with E-state index in [4.69, 9.17) is 9.47 Å². The first-order valence-corrected chi connectivity index (χ1v) is 11.7. The van der Waals surface area contributed by atoms with Crippen LogP contribution < -0.4 is 4.74 Å². The van der Waals surface area contributed by atoms with Gasteiger partial charge >= 0.3 is 5.97 Å². The van der Waals surface area contributed by atoms with Gasteiger partial charge < -0.3 is 14.4 Å². The number of carbonyl (C=O) groups is 1. The van der Waals surface area contributed by atoms with Gasteiger partial charge in [0, 0.05) is 6.54 Å². The van der Waals surface area contributed by atoms with E-state index in [9.17, 15) is 13.2 Å². The molecule has 0 aliphatic carbocycles. The maximum atomic E-state index is 13.6. The largest absolute Gasteiger partial charge is 0.497 e. The maximum Gasteiger partial charge on any atom is 0.324 e. The molecule has 0 fully saturated rings. The second kappa shape index (κ2) is 11.8. The lowest BCUT2D eigenvalue weighted by molar-refractivity contribution is -0.145. The molecule has 0 aliphatic rings. The van der Waals surface area contributed by atoms with Gasteiger partial charge in [-0.05, 0) is 69.7 Å². The average molecular weight is 449 g/mol. The molecule has 0 aliphatic heterocycles. The van der Waals surface area contributed by atoms with Crippen LogP contribution in [0.5, 0.6) is 5.75 Å². The third-order valence-corrected chi connectivity index (χ3v) is 6.87. The molecule has 0 saturated carbocycles. The van der Waals surface area contributed by atoms with Crippen molar-refractivity contribution >= 4 is 16.0 Å². The van der Waals surface area contributed by atoms with Crippen LogP contribution in [-0.2, 0) is 26.1 Å². The molecule has 2 aromatic carbocycles. The Morgan fingerprint density at radius 2 is 1.61 bits per heavy atom. The molecule has 1 atom stereocenters. The standard InChI is InChI=1S/C23H32N2O5S/c1-24(2)17-9-8-12-22(23(26)30-4)25(18-19-10-6-5-7-11-19)31(27,28)21-15-13-20(29-3)14-16-21/h5-7,10-11,13-16,22H,8-9,12,17-18H2,1-4H3/t22-/m1/s1. The predicted molar refractivity (Wildman–Crippen MR) is 120 cm³/mol. The molecule has 0 spiro atoms. The lowest BCUT2D eigenvalue weighted by Crippen LogP contribution is -2.45. The second-order valence-electron chi connectivity index (χ2n) is 7.55. The summed E-state index contributed by atoms with van der Waals surface area (Å²) in [6.07, 6.45) is 1.92. The monoisotopic (exact) mass is 448 g/mol. The highest BCUT2D eigenvalue weighted by atomic mass is 32.2. The van der Waals surface area contributed by atoms with Crippen molar-refractivity contribution < 1.29 is 22.7 Å². The van der Waals surface area contributed by atoms with Crippen molar-refractivity contribution in [2.75, 3.05) is 34.9 Å². The van der Waals surface area contributed by atoms with Gasteiger partial charge in [0.05, 0.1) is 19.1 Å². The summed E-state index contributed by atoms with van der Waals surface area (Å²) < 4.78 is 38.6. The minimum atomic E-state index is -3.97. The number of hydrogen-bond donors (Lipinski definition) is 0. The Labute approximate surface area is 185 Å². The van der Waals surface area contributed by atoms with Crippen LogP contribution in [0.25, 0.3) is 0 Å². The quantitative estimate of drug-likeness (QED) is 0.367. The molecule has 170 valence electrons. The molecule has 31 heavy (non-hydrogen) atoms. The van der Waals surface area contributed by atoms with Crippen LogP contribution in [0.15, 0.2) is 59.5 Å². The van der Waals surface area contributed by atoms with Crippen molar-refractivity contribution in [3.63, 3.8) is 0 Å². The number of esters is 1. The second-order valence-corrected chi connectivity index (χ2v) is 9.44. The van der Waals surface area contributed by atoms with E-state index < -0.39 is 22.0 Å².